The Morgan fingerprint density at radius 1 is 1.35 bits per heavy atom. The number of nitrogens with zero attached hydrogens (tertiary/aromatic N) is 1. The van der Waals surface area contributed by atoms with Crippen LogP contribution in [-0.2, 0) is 4.74 Å². The Hall–Kier alpha value is -1.02. The predicted molar refractivity (Wildman–Crippen MR) is 59.4 cm³/mol. The number of halogens is 3. The molecular formula is C9H19F3N4O. The van der Waals surface area contributed by atoms with E-state index in [1.165, 1.54) is 0 Å². The van der Waals surface area contributed by atoms with Crippen molar-refractivity contribution in [3.8, 4) is 0 Å². The molecule has 0 saturated heterocycles. The van der Waals surface area contributed by atoms with Crippen molar-refractivity contribution in [3.05, 3.63) is 0 Å². The second-order valence-corrected chi connectivity index (χ2v) is 3.37. The van der Waals surface area contributed by atoms with Crippen LogP contribution >= 0.6 is 0 Å². The molecule has 0 rings (SSSR count). The normalized spacial score (nSPS) is 12.6. The summed E-state index contributed by atoms with van der Waals surface area (Å²) < 4.78 is 40.3. The molecule has 0 fully saturated rings. The summed E-state index contributed by atoms with van der Waals surface area (Å²) in [5.41, 5.74) is 2.29. The van der Waals surface area contributed by atoms with Crippen molar-refractivity contribution >= 4 is 5.96 Å². The molecule has 0 atom stereocenters. The van der Waals surface area contributed by atoms with Gasteiger partial charge in [-0.15, -0.1) is 0 Å². The van der Waals surface area contributed by atoms with E-state index < -0.39 is 12.6 Å². The van der Waals surface area contributed by atoms with E-state index in [1.807, 2.05) is 0 Å². The van der Waals surface area contributed by atoms with Crippen LogP contribution in [-0.4, -0.2) is 38.9 Å². The zero-order valence-corrected chi connectivity index (χ0v) is 9.81. The molecule has 0 spiro atoms. The van der Waals surface area contributed by atoms with Gasteiger partial charge in [0.2, 0.25) is 5.96 Å². The van der Waals surface area contributed by atoms with E-state index >= 15 is 0 Å². The minimum absolute atomic E-state index is 0.0116. The molecule has 0 aromatic carbocycles. The first-order valence-electron chi connectivity index (χ1n) is 5.30. The highest BCUT2D eigenvalue weighted by atomic mass is 19.4. The molecule has 17 heavy (non-hydrogen) atoms. The van der Waals surface area contributed by atoms with Gasteiger partial charge < -0.3 is 10.1 Å². The van der Waals surface area contributed by atoms with Crippen LogP contribution in [0.25, 0.3) is 0 Å². The Morgan fingerprint density at radius 2 is 2.06 bits per heavy atom. The van der Waals surface area contributed by atoms with E-state index in [1.54, 1.807) is 7.11 Å². The fourth-order valence-electron chi connectivity index (χ4n) is 1.05. The van der Waals surface area contributed by atoms with Crippen LogP contribution in [0.3, 0.4) is 0 Å². The molecule has 0 saturated carbocycles. The Bertz CT molecular complexity index is 221. The summed E-state index contributed by atoms with van der Waals surface area (Å²) in [6.07, 6.45) is -4.22. The quantitative estimate of drug-likeness (QED) is 0.207. The van der Waals surface area contributed by atoms with Gasteiger partial charge in [-0.3, -0.25) is 10.4 Å². The van der Waals surface area contributed by atoms with Crippen LogP contribution in [0.5, 0.6) is 0 Å². The van der Waals surface area contributed by atoms with E-state index in [0.29, 0.717) is 19.1 Å². The minimum atomic E-state index is -4.12. The topological polar surface area (TPSA) is 71.7 Å². The lowest BCUT2D eigenvalue weighted by atomic mass is 10.3. The van der Waals surface area contributed by atoms with E-state index in [0.717, 1.165) is 6.42 Å². The van der Waals surface area contributed by atoms with Crippen LogP contribution in [0.4, 0.5) is 13.2 Å². The Morgan fingerprint density at radius 3 is 2.59 bits per heavy atom. The van der Waals surface area contributed by atoms with Crippen molar-refractivity contribution in [2.45, 2.75) is 25.4 Å². The maximum Gasteiger partial charge on any atom is 0.389 e. The summed E-state index contributed by atoms with van der Waals surface area (Å²) in [6.45, 7) is 1.25. The van der Waals surface area contributed by atoms with Gasteiger partial charge in [0, 0.05) is 33.2 Å². The number of nitrogens with two attached hydrogens (primary N) is 1. The van der Waals surface area contributed by atoms with Gasteiger partial charge in [0.25, 0.3) is 0 Å². The monoisotopic (exact) mass is 256 g/mol. The third kappa shape index (κ3) is 11.2. The van der Waals surface area contributed by atoms with Crippen LogP contribution < -0.4 is 16.6 Å². The number of rotatable bonds is 7. The second kappa shape index (κ2) is 9.06. The molecule has 0 bridgehead atoms. The molecule has 4 N–H and O–H groups in total. The number of hydrazine groups is 1. The van der Waals surface area contributed by atoms with Crippen molar-refractivity contribution in [2.24, 2.45) is 10.8 Å². The predicted octanol–water partition coefficient (Wildman–Crippen LogP) is 0.774. The summed E-state index contributed by atoms with van der Waals surface area (Å²) in [5.74, 6) is 5.45. The molecule has 0 amide bonds. The molecule has 0 unspecified atom stereocenters. The van der Waals surface area contributed by atoms with Gasteiger partial charge in [-0.2, -0.15) is 13.2 Å². The highest BCUT2D eigenvalue weighted by Crippen LogP contribution is 2.20. The number of hydrogen-bond donors (Lipinski definition) is 3. The Kier molecular flexibility index (Phi) is 8.51. The van der Waals surface area contributed by atoms with Gasteiger partial charge in [0.1, 0.15) is 0 Å². The lowest BCUT2D eigenvalue weighted by Gasteiger charge is -2.10. The van der Waals surface area contributed by atoms with Crippen molar-refractivity contribution in [3.63, 3.8) is 0 Å². The van der Waals surface area contributed by atoms with Gasteiger partial charge in [0.15, 0.2) is 0 Å². The molecule has 5 nitrogen and oxygen atoms in total. The second-order valence-electron chi connectivity index (χ2n) is 3.37. The van der Waals surface area contributed by atoms with Gasteiger partial charge >= 0.3 is 6.18 Å². The van der Waals surface area contributed by atoms with Crippen LogP contribution in [0.1, 0.15) is 19.3 Å². The number of nitrogens with one attached hydrogen (secondary N) is 2. The molecule has 0 aromatic rings. The molecule has 8 heteroatoms. The number of ether oxygens (including phenoxy) is 1. The van der Waals surface area contributed by atoms with E-state index in [9.17, 15) is 13.2 Å². The maximum atomic E-state index is 11.8. The number of aliphatic imine (C=N–C) groups is 1. The number of methoxy groups -OCH3 is 1. The fourth-order valence-corrected chi connectivity index (χ4v) is 1.05. The first kappa shape index (κ1) is 16.0. The van der Waals surface area contributed by atoms with Gasteiger partial charge in [-0.05, 0) is 12.8 Å². The zero-order chi connectivity index (χ0) is 13.1. The summed E-state index contributed by atoms with van der Waals surface area (Å²) >= 11 is 0. The number of hydrogen-bond acceptors (Lipinski definition) is 3. The zero-order valence-electron chi connectivity index (χ0n) is 9.81. The van der Waals surface area contributed by atoms with Crippen LogP contribution in [0.15, 0.2) is 4.99 Å². The largest absolute Gasteiger partial charge is 0.389 e. The Balaban J connectivity index is 3.67. The lowest BCUT2D eigenvalue weighted by molar-refractivity contribution is -0.135. The molecule has 0 radical (unpaired) electrons. The average Bonchev–Trinajstić information content (AvgIpc) is 2.25. The SMILES string of the molecule is COCCCN=C(NN)NCCCC(F)(F)F. The van der Waals surface area contributed by atoms with Crippen molar-refractivity contribution < 1.29 is 17.9 Å². The molecular weight excluding hydrogens is 237 g/mol. The van der Waals surface area contributed by atoms with E-state index in [-0.39, 0.29) is 13.0 Å². The highest BCUT2D eigenvalue weighted by molar-refractivity contribution is 5.79. The first-order chi connectivity index (χ1) is 7.99. The van der Waals surface area contributed by atoms with Crippen molar-refractivity contribution in [2.75, 3.05) is 26.8 Å². The first-order valence-corrected chi connectivity index (χ1v) is 5.30. The standard InChI is InChI=1S/C9H19F3N4O/c1-17-7-3-6-15-8(16-13)14-5-2-4-9(10,11)12/h2-7,13H2,1H3,(H2,14,15,16). The molecule has 0 aliphatic rings. The average molecular weight is 256 g/mol. The Labute approximate surface area is 98.6 Å². The number of guanidine groups is 1. The highest BCUT2D eigenvalue weighted by Gasteiger charge is 2.25. The third-order valence-corrected chi connectivity index (χ3v) is 1.84. The maximum absolute atomic E-state index is 11.8. The van der Waals surface area contributed by atoms with E-state index in [4.69, 9.17) is 10.6 Å². The summed E-state index contributed by atoms with van der Waals surface area (Å²) in [7, 11) is 1.58. The summed E-state index contributed by atoms with van der Waals surface area (Å²) in [5, 5.41) is 2.69. The van der Waals surface area contributed by atoms with Gasteiger partial charge in [-0.25, -0.2) is 5.84 Å². The molecule has 0 heterocycles. The fraction of sp³-hybridized carbons (Fsp3) is 0.889. The molecule has 0 aliphatic carbocycles. The summed E-state index contributed by atoms with van der Waals surface area (Å²) in [6, 6.07) is 0. The molecule has 102 valence electrons. The van der Waals surface area contributed by atoms with Crippen molar-refractivity contribution in [1.29, 1.82) is 0 Å². The van der Waals surface area contributed by atoms with Crippen LogP contribution in [0.2, 0.25) is 0 Å². The smallest absolute Gasteiger partial charge is 0.385 e. The molecule has 0 aliphatic heterocycles. The molecule has 0 aromatic heterocycles. The number of alkyl halides is 3. The lowest BCUT2D eigenvalue weighted by Crippen LogP contribution is -2.42. The summed E-state index contributed by atoms with van der Waals surface area (Å²) in [4.78, 5) is 4.02. The van der Waals surface area contributed by atoms with E-state index in [2.05, 4.69) is 15.7 Å². The minimum Gasteiger partial charge on any atom is -0.385 e. The van der Waals surface area contributed by atoms with Crippen LogP contribution in [0, 0.1) is 0 Å². The van der Waals surface area contributed by atoms with Gasteiger partial charge in [-0.1, -0.05) is 0 Å². The third-order valence-electron chi connectivity index (χ3n) is 1.84. The van der Waals surface area contributed by atoms with Gasteiger partial charge in [0.05, 0.1) is 0 Å². The van der Waals surface area contributed by atoms with Crippen molar-refractivity contribution in [1.82, 2.24) is 10.7 Å².